The number of anilines is 1. The second kappa shape index (κ2) is 8.49. The smallest absolute Gasteiger partial charge is 0.246 e. The van der Waals surface area contributed by atoms with Crippen molar-refractivity contribution >= 4 is 60.7 Å². The zero-order chi connectivity index (χ0) is 19.6. The number of carbonyl (C=O) groups excluding carboxylic acids is 1. The quantitative estimate of drug-likeness (QED) is 0.668. The van der Waals surface area contributed by atoms with E-state index in [1.54, 1.807) is 18.2 Å². The van der Waals surface area contributed by atoms with E-state index in [1.807, 2.05) is 12.1 Å². The molecule has 0 aromatic heterocycles. The van der Waals surface area contributed by atoms with Gasteiger partial charge in [-0.1, -0.05) is 45.2 Å². The lowest BCUT2D eigenvalue weighted by Crippen LogP contribution is -2.41. The summed E-state index contributed by atoms with van der Waals surface area (Å²) in [6.07, 6.45) is 0.868. The molecule has 5 nitrogen and oxygen atoms in total. The molecule has 1 saturated heterocycles. The number of halogens is 3. The Kier molecular flexibility index (Phi) is 6.48. The number of amides is 1. The van der Waals surface area contributed by atoms with E-state index < -0.39 is 10.0 Å². The Bertz CT molecular complexity index is 923. The molecule has 0 spiro atoms. The summed E-state index contributed by atoms with van der Waals surface area (Å²) in [5.41, 5.74) is 0.709. The van der Waals surface area contributed by atoms with Crippen molar-refractivity contribution in [1.29, 1.82) is 0 Å². The first kappa shape index (κ1) is 20.6. The zero-order valence-corrected chi connectivity index (χ0v) is 18.1. The van der Waals surface area contributed by atoms with Crippen LogP contribution in [0.2, 0.25) is 10.0 Å². The molecular formula is C18H17BrCl2N2O3S. The third kappa shape index (κ3) is 4.66. The van der Waals surface area contributed by atoms with Crippen LogP contribution in [0.4, 0.5) is 5.69 Å². The Morgan fingerprint density at radius 2 is 1.59 bits per heavy atom. The number of rotatable bonds is 4. The molecule has 0 radical (unpaired) electrons. The fourth-order valence-corrected chi connectivity index (χ4v) is 5.82. The molecule has 1 amide bonds. The van der Waals surface area contributed by atoms with Crippen LogP contribution < -0.4 is 5.32 Å². The number of benzene rings is 2. The van der Waals surface area contributed by atoms with Gasteiger partial charge in [0.25, 0.3) is 0 Å². The highest BCUT2D eigenvalue weighted by Crippen LogP contribution is 2.33. The third-order valence-electron chi connectivity index (χ3n) is 4.45. The van der Waals surface area contributed by atoms with Crippen LogP contribution in [0.15, 0.2) is 51.8 Å². The van der Waals surface area contributed by atoms with E-state index >= 15 is 0 Å². The van der Waals surface area contributed by atoms with Crippen molar-refractivity contribution in [2.75, 3.05) is 18.4 Å². The Hall–Kier alpha value is -1.12. The van der Waals surface area contributed by atoms with Gasteiger partial charge in [0.15, 0.2) is 0 Å². The van der Waals surface area contributed by atoms with E-state index in [4.69, 9.17) is 23.2 Å². The zero-order valence-electron chi connectivity index (χ0n) is 14.2. The minimum atomic E-state index is -3.80. The van der Waals surface area contributed by atoms with Gasteiger partial charge in [0.2, 0.25) is 15.9 Å². The van der Waals surface area contributed by atoms with Gasteiger partial charge in [-0.25, -0.2) is 8.42 Å². The van der Waals surface area contributed by atoms with Crippen molar-refractivity contribution in [3.8, 4) is 0 Å². The number of piperidine rings is 1. The molecule has 0 saturated carbocycles. The summed E-state index contributed by atoms with van der Waals surface area (Å²) < 4.78 is 28.0. The average molecular weight is 492 g/mol. The second-order valence-electron chi connectivity index (χ2n) is 6.23. The van der Waals surface area contributed by atoms with Gasteiger partial charge in [0, 0.05) is 29.2 Å². The lowest BCUT2D eigenvalue weighted by atomic mass is 9.97. The SMILES string of the molecule is O=C(Nc1ccc(Br)cc1)C1CCN(S(=O)(=O)c2c(Cl)cccc2Cl)CC1. The van der Waals surface area contributed by atoms with Crippen LogP contribution in [-0.2, 0) is 14.8 Å². The number of sulfonamides is 1. The summed E-state index contributed by atoms with van der Waals surface area (Å²) in [6.45, 7) is 0.477. The maximum atomic E-state index is 12.9. The predicted molar refractivity (Wildman–Crippen MR) is 111 cm³/mol. The van der Waals surface area contributed by atoms with Gasteiger partial charge in [0.1, 0.15) is 4.90 Å². The van der Waals surface area contributed by atoms with E-state index in [9.17, 15) is 13.2 Å². The summed E-state index contributed by atoms with van der Waals surface area (Å²) in [5.74, 6) is -0.355. The highest BCUT2D eigenvalue weighted by atomic mass is 79.9. The molecule has 0 bridgehead atoms. The molecule has 1 N–H and O–H groups in total. The molecular weight excluding hydrogens is 475 g/mol. The van der Waals surface area contributed by atoms with Crippen molar-refractivity contribution < 1.29 is 13.2 Å². The van der Waals surface area contributed by atoms with Crippen molar-refractivity contribution in [1.82, 2.24) is 4.31 Å². The molecule has 3 rings (SSSR count). The van der Waals surface area contributed by atoms with E-state index in [-0.39, 0.29) is 39.9 Å². The van der Waals surface area contributed by atoms with Crippen LogP contribution in [0, 0.1) is 5.92 Å². The highest BCUT2D eigenvalue weighted by molar-refractivity contribution is 9.10. The Morgan fingerprint density at radius 1 is 1.04 bits per heavy atom. The molecule has 1 fully saturated rings. The van der Waals surface area contributed by atoms with Crippen molar-refractivity contribution in [2.24, 2.45) is 5.92 Å². The molecule has 9 heteroatoms. The summed E-state index contributed by atoms with van der Waals surface area (Å²) >= 11 is 15.5. The van der Waals surface area contributed by atoms with Crippen LogP contribution in [0.3, 0.4) is 0 Å². The minimum Gasteiger partial charge on any atom is -0.326 e. The molecule has 27 heavy (non-hydrogen) atoms. The number of hydrogen-bond donors (Lipinski definition) is 1. The minimum absolute atomic E-state index is 0.0777. The summed E-state index contributed by atoms with van der Waals surface area (Å²) in [4.78, 5) is 12.4. The van der Waals surface area contributed by atoms with E-state index in [1.165, 1.54) is 16.4 Å². The lowest BCUT2D eigenvalue weighted by molar-refractivity contribution is -0.120. The predicted octanol–water partition coefficient (Wildman–Crippen LogP) is 4.80. The molecule has 1 aliphatic rings. The molecule has 1 aliphatic heterocycles. The van der Waals surface area contributed by atoms with Crippen LogP contribution in [-0.4, -0.2) is 31.7 Å². The Balaban J connectivity index is 1.66. The maximum absolute atomic E-state index is 12.9. The summed E-state index contributed by atoms with van der Waals surface area (Å²) in [7, 11) is -3.80. The summed E-state index contributed by atoms with van der Waals surface area (Å²) in [6, 6.07) is 11.9. The topological polar surface area (TPSA) is 66.5 Å². The van der Waals surface area contributed by atoms with Crippen LogP contribution in [0.5, 0.6) is 0 Å². The standard InChI is InChI=1S/C18H17BrCl2N2O3S/c19-13-4-6-14(7-5-13)22-18(24)12-8-10-23(11-9-12)27(25,26)17-15(20)2-1-3-16(17)21/h1-7,12H,8-11H2,(H,22,24). The maximum Gasteiger partial charge on any atom is 0.246 e. The van der Waals surface area contributed by atoms with Gasteiger partial charge < -0.3 is 5.32 Å². The van der Waals surface area contributed by atoms with E-state index in [0.29, 0.717) is 18.5 Å². The molecule has 1 heterocycles. The van der Waals surface area contributed by atoms with Gasteiger partial charge in [-0.3, -0.25) is 4.79 Å². The number of nitrogens with zero attached hydrogens (tertiary/aromatic N) is 1. The highest BCUT2D eigenvalue weighted by Gasteiger charge is 2.34. The van der Waals surface area contributed by atoms with Gasteiger partial charge in [0.05, 0.1) is 10.0 Å². The fourth-order valence-electron chi connectivity index (χ4n) is 2.99. The van der Waals surface area contributed by atoms with Crippen molar-refractivity contribution in [3.05, 3.63) is 57.0 Å². The molecule has 0 unspecified atom stereocenters. The lowest BCUT2D eigenvalue weighted by Gasteiger charge is -2.31. The van der Waals surface area contributed by atoms with Gasteiger partial charge in [-0.15, -0.1) is 0 Å². The van der Waals surface area contributed by atoms with E-state index in [0.717, 1.165) is 4.47 Å². The Morgan fingerprint density at radius 3 is 2.15 bits per heavy atom. The normalized spacial score (nSPS) is 16.3. The largest absolute Gasteiger partial charge is 0.326 e. The Labute approximate surface area is 176 Å². The summed E-state index contributed by atoms with van der Waals surface area (Å²) in [5, 5.41) is 3.06. The van der Waals surface area contributed by atoms with E-state index in [2.05, 4.69) is 21.2 Å². The van der Waals surface area contributed by atoms with Gasteiger partial charge >= 0.3 is 0 Å². The first-order chi connectivity index (χ1) is 12.8. The second-order valence-corrected chi connectivity index (χ2v) is 9.83. The average Bonchev–Trinajstić information content (AvgIpc) is 2.63. The van der Waals surface area contributed by atoms with Crippen LogP contribution in [0.25, 0.3) is 0 Å². The molecule has 144 valence electrons. The third-order valence-corrected chi connectivity index (χ3v) is 7.84. The van der Waals surface area contributed by atoms with Crippen LogP contribution in [0.1, 0.15) is 12.8 Å². The molecule has 2 aromatic rings. The first-order valence-electron chi connectivity index (χ1n) is 8.29. The van der Waals surface area contributed by atoms with Crippen molar-refractivity contribution in [2.45, 2.75) is 17.7 Å². The van der Waals surface area contributed by atoms with Crippen molar-refractivity contribution in [3.63, 3.8) is 0 Å². The number of hydrogen-bond acceptors (Lipinski definition) is 3. The van der Waals surface area contributed by atoms with Crippen LogP contribution >= 0.6 is 39.1 Å². The fraction of sp³-hybridized carbons (Fsp3) is 0.278. The monoisotopic (exact) mass is 490 g/mol. The number of nitrogens with one attached hydrogen (secondary N) is 1. The van der Waals surface area contributed by atoms with Gasteiger partial charge in [-0.05, 0) is 49.2 Å². The molecule has 0 atom stereocenters. The van der Waals surface area contributed by atoms with Gasteiger partial charge in [-0.2, -0.15) is 4.31 Å². The number of carbonyl (C=O) groups is 1. The first-order valence-corrected chi connectivity index (χ1v) is 11.3. The molecule has 2 aromatic carbocycles. The molecule has 0 aliphatic carbocycles.